The topological polar surface area (TPSA) is 92.8 Å². The highest BCUT2D eigenvalue weighted by Gasteiger charge is 2.36. The van der Waals surface area contributed by atoms with E-state index in [1.165, 1.54) is 18.2 Å². The molecule has 0 radical (unpaired) electrons. The molecule has 0 aromatic heterocycles. The summed E-state index contributed by atoms with van der Waals surface area (Å²) in [5.41, 5.74) is 1.44. The second-order valence-electron chi connectivity index (χ2n) is 6.12. The number of carbonyl (C=O) groups excluding carboxylic acids is 4. The van der Waals surface area contributed by atoms with E-state index in [4.69, 9.17) is 4.74 Å². The Balaban J connectivity index is 1.43. The van der Waals surface area contributed by atoms with Gasteiger partial charge in [-0.3, -0.25) is 24.1 Å². The predicted octanol–water partition coefficient (Wildman–Crippen LogP) is 1.26. The molecular weight excluding hydrogens is 367 g/mol. The zero-order valence-corrected chi connectivity index (χ0v) is 14.8. The number of benzene rings is 2. The molecule has 1 aliphatic rings. The Morgan fingerprint density at radius 3 is 2.50 bits per heavy atom. The monoisotopic (exact) mass is 384 g/mol. The predicted molar refractivity (Wildman–Crippen MR) is 97.2 cm³/mol. The highest BCUT2D eigenvalue weighted by Crippen LogP contribution is 2.28. The summed E-state index contributed by atoms with van der Waals surface area (Å²) in [5.74, 6) is -3.12. The van der Waals surface area contributed by atoms with E-state index in [1.807, 2.05) is 0 Å². The van der Waals surface area contributed by atoms with Gasteiger partial charge in [-0.2, -0.15) is 0 Å². The number of halogens is 1. The Bertz CT molecular complexity index is 926. The van der Waals surface area contributed by atoms with Crippen molar-refractivity contribution >= 4 is 29.3 Å². The molecule has 1 heterocycles. The first kappa shape index (κ1) is 19.2. The summed E-state index contributed by atoms with van der Waals surface area (Å²) in [6.07, 6.45) is 0.501. The summed E-state index contributed by atoms with van der Waals surface area (Å²) in [4.78, 5) is 48.6. The van der Waals surface area contributed by atoms with Crippen molar-refractivity contribution in [3.8, 4) is 0 Å². The summed E-state index contributed by atoms with van der Waals surface area (Å²) >= 11 is 0. The quantitative estimate of drug-likeness (QED) is 0.573. The molecule has 28 heavy (non-hydrogen) atoms. The Hall–Kier alpha value is -3.55. The van der Waals surface area contributed by atoms with Crippen molar-refractivity contribution in [3.05, 3.63) is 65.5 Å². The van der Waals surface area contributed by atoms with Gasteiger partial charge < -0.3 is 10.1 Å². The number of nitrogens with zero attached hydrogens (tertiary/aromatic N) is 1. The summed E-state index contributed by atoms with van der Waals surface area (Å²) < 4.78 is 17.7. The molecule has 0 saturated carbocycles. The second kappa shape index (κ2) is 8.43. The Kier molecular flexibility index (Phi) is 5.78. The Morgan fingerprint density at radius 2 is 1.75 bits per heavy atom. The smallest absolute Gasteiger partial charge is 0.326 e. The van der Waals surface area contributed by atoms with Crippen molar-refractivity contribution in [2.45, 2.75) is 6.42 Å². The Morgan fingerprint density at radius 1 is 1.04 bits per heavy atom. The van der Waals surface area contributed by atoms with Crippen LogP contribution < -0.4 is 10.2 Å². The van der Waals surface area contributed by atoms with Crippen LogP contribution in [0.15, 0.2) is 48.5 Å². The lowest BCUT2D eigenvalue weighted by molar-refractivity contribution is -0.147. The summed E-state index contributed by atoms with van der Waals surface area (Å²) in [6.45, 7) is -0.654. The van der Waals surface area contributed by atoms with Crippen molar-refractivity contribution in [1.82, 2.24) is 5.32 Å². The fourth-order valence-electron chi connectivity index (χ4n) is 2.77. The minimum atomic E-state index is -0.804. The molecule has 144 valence electrons. The number of rotatable bonds is 7. The third-order valence-electron chi connectivity index (χ3n) is 4.18. The molecule has 0 bridgehead atoms. The molecule has 0 fully saturated rings. The van der Waals surface area contributed by atoms with Crippen LogP contribution in [0, 0.1) is 5.82 Å². The van der Waals surface area contributed by atoms with E-state index < -0.39 is 36.7 Å². The number of esters is 1. The van der Waals surface area contributed by atoms with Crippen molar-refractivity contribution in [2.75, 3.05) is 24.6 Å². The second-order valence-corrected chi connectivity index (χ2v) is 6.12. The number of ketones is 1. The van der Waals surface area contributed by atoms with E-state index in [0.29, 0.717) is 18.7 Å². The number of amides is 2. The van der Waals surface area contributed by atoms with Crippen molar-refractivity contribution in [2.24, 2.45) is 0 Å². The highest BCUT2D eigenvalue weighted by molar-refractivity contribution is 6.52. The number of carbonyl (C=O) groups is 4. The third-order valence-corrected chi connectivity index (χ3v) is 4.18. The number of para-hydroxylation sites is 1. The van der Waals surface area contributed by atoms with Crippen LogP contribution in [0.3, 0.4) is 0 Å². The van der Waals surface area contributed by atoms with Crippen LogP contribution in [0.5, 0.6) is 0 Å². The van der Waals surface area contributed by atoms with Gasteiger partial charge in [0.1, 0.15) is 12.4 Å². The molecule has 1 N–H and O–H groups in total. The summed E-state index contributed by atoms with van der Waals surface area (Å²) in [6, 6.07) is 12.3. The molecule has 7 nitrogen and oxygen atoms in total. The number of hydrogen-bond donors (Lipinski definition) is 1. The molecule has 8 heteroatoms. The zero-order valence-electron chi connectivity index (χ0n) is 14.8. The van der Waals surface area contributed by atoms with Crippen molar-refractivity contribution < 1.29 is 28.3 Å². The van der Waals surface area contributed by atoms with Gasteiger partial charge in [0.2, 0.25) is 0 Å². The van der Waals surface area contributed by atoms with Gasteiger partial charge >= 0.3 is 5.97 Å². The number of nitrogens with one attached hydrogen (secondary N) is 1. The first-order valence-electron chi connectivity index (χ1n) is 8.57. The van der Waals surface area contributed by atoms with Gasteiger partial charge in [-0.05, 0) is 36.2 Å². The molecular formula is C20H17FN2O5. The molecule has 0 aliphatic carbocycles. The van der Waals surface area contributed by atoms with Crippen LogP contribution in [0.25, 0.3) is 0 Å². The molecule has 0 spiro atoms. The van der Waals surface area contributed by atoms with Gasteiger partial charge in [0, 0.05) is 6.54 Å². The van der Waals surface area contributed by atoms with Crippen LogP contribution in [0.1, 0.15) is 15.9 Å². The van der Waals surface area contributed by atoms with Gasteiger partial charge in [-0.1, -0.05) is 24.3 Å². The molecule has 2 amide bonds. The van der Waals surface area contributed by atoms with Crippen molar-refractivity contribution in [3.63, 3.8) is 0 Å². The van der Waals surface area contributed by atoms with Crippen molar-refractivity contribution in [1.29, 1.82) is 0 Å². The van der Waals surface area contributed by atoms with E-state index in [1.54, 1.807) is 30.3 Å². The first-order valence-corrected chi connectivity index (χ1v) is 8.57. The zero-order chi connectivity index (χ0) is 20.1. The lowest BCUT2D eigenvalue weighted by Gasteiger charge is -2.15. The van der Waals surface area contributed by atoms with Gasteiger partial charge in [-0.15, -0.1) is 0 Å². The normalized spacial score (nSPS) is 12.7. The highest BCUT2D eigenvalue weighted by atomic mass is 19.1. The van der Waals surface area contributed by atoms with E-state index in [-0.39, 0.29) is 11.4 Å². The van der Waals surface area contributed by atoms with Crippen LogP contribution in [-0.4, -0.2) is 43.3 Å². The molecule has 1 aliphatic heterocycles. The summed E-state index contributed by atoms with van der Waals surface area (Å²) in [7, 11) is 0. The lowest BCUT2D eigenvalue weighted by Crippen LogP contribution is -2.37. The number of fused-ring (bicyclic) bond motifs is 1. The number of anilines is 1. The van der Waals surface area contributed by atoms with E-state index in [9.17, 15) is 23.6 Å². The molecule has 3 rings (SSSR count). The number of Topliss-reactive ketones (excluding diaryl/α,β-unsaturated/α-hetero) is 1. The molecule has 0 atom stereocenters. The van der Waals surface area contributed by atoms with Gasteiger partial charge in [0.15, 0.2) is 6.61 Å². The lowest BCUT2D eigenvalue weighted by atomic mass is 10.1. The van der Waals surface area contributed by atoms with Crippen LogP contribution >= 0.6 is 0 Å². The number of ether oxygens (including phenoxy) is 1. The maximum Gasteiger partial charge on any atom is 0.326 e. The molecule has 0 saturated heterocycles. The largest absolute Gasteiger partial charge is 0.454 e. The SMILES string of the molecule is O=C(COC(=O)CN1C(=O)C(=O)c2ccccc21)NCCc1ccc(F)cc1. The minimum Gasteiger partial charge on any atom is -0.454 e. The van der Waals surface area contributed by atoms with E-state index >= 15 is 0 Å². The average molecular weight is 384 g/mol. The Labute approximate surface area is 160 Å². The van der Waals surface area contributed by atoms with Crippen LogP contribution in [-0.2, 0) is 25.5 Å². The number of hydrogen-bond acceptors (Lipinski definition) is 5. The van der Waals surface area contributed by atoms with Crippen LogP contribution in [0.2, 0.25) is 0 Å². The van der Waals surface area contributed by atoms with Gasteiger partial charge in [0.25, 0.3) is 17.6 Å². The fraction of sp³-hybridized carbons (Fsp3) is 0.200. The molecule has 2 aromatic rings. The minimum absolute atomic E-state index is 0.235. The maximum atomic E-state index is 12.8. The third kappa shape index (κ3) is 4.40. The first-order chi connectivity index (χ1) is 13.5. The molecule has 0 unspecified atom stereocenters. The fourth-order valence-corrected chi connectivity index (χ4v) is 2.77. The van der Waals surface area contributed by atoms with E-state index in [0.717, 1.165) is 10.5 Å². The van der Waals surface area contributed by atoms with Gasteiger partial charge in [0.05, 0.1) is 11.3 Å². The molecule has 2 aromatic carbocycles. The standard InChI is InChI=1S/C20H17FN2O5/c21-14-7-5-13(6-8-14)9-10-22-17(24)12-28-18(25)11-23-16-4-2-1-3-15(16)19(26)20(23)27/h1-8H,9-12H2,(H,22,24). The average Bonchev–Trinajstić information content (AvgIpc) is 2.93. The van der Waals surface area contributed by atoms with E-state index in [2.05, 4.69) is 5.32 Å². The van der Waals surface area contributed by atoms with Gasteiger partial charge in [-0.25, -0.2) is 4.39 Å². The maximum absolute atomic E-state index is 12.8. The summed E-state index contributed by atoms with van der Waals surface area (Å²) in [5, 5.41) is 2.58. The van der Waals surface area contributed by atoms with Crippen LogP contribution in [0.4, 0.5) is 10.1 Å².